The van der Waals surface area contributed by atoms with Gasteiger partial charge in [0.15, 0.2) is 0 Å². The molecule has 19 heavy (non-hydrogen) atoms. The van der Waals surface area contributed by atoms with E-state index < -0.39 is 0 Å². The molecule has 0 N–H and O–H groups in total. The van der Waals surface area contributed by atoms with Gasteiger partial charge in [-0.25, -0.2) is 4.52 Å². The Labute approximate surface area is 117 Å². The predicted octanol–water partition coefficient (Wildman–Crippen LogP) is 3.78. The van der Waals surface area contributed by atoms with Gasteiger partial charge in [0.1, 0.15) is 11.5 Å². The van der Waals surface area contributed by atoms with Crippen LogP contribution in [0.25, 0.3) is 16.9 Å². The van der Waals surface area contributed by atoms with E-state index in [1.54, 1.807) is 4.52 Å². The smallest absolute Gasteiger partial charge is 0.201 e. The molecule has 0 aliphatic rings. The van der Waals surface area contributed by atoms with Gasteiger partial charge >= 0.3 is 0 Å². The lowest BCUT2D eigenvalue weighted by Gasteiger charge is -2.08. The Balaban J connectivity index is 0.000000637. The van der Waals surface area contributed by atoms with Crippen molar-refractivity contribution in [2.45, 2.75) is 20.8 Å². The lowest BCUT2D eigenvalue weighted by molar-refractivity contribution is 0.897. The molecule has 0 fully saturated rings. The monoisotopic (exact) mass is 274 g/mol. The highest BCUT2D eigenvalue weighted by atomic mass is 35.5. The molecule has 0 saturated heterocycles. The first-order valence-electron chi connectivity index (χ1n) is 6.18. The number of hydrogen-bond donors (Lipinski definition) is 0. The summed E-state index contributed by atoms with van der Waals surface area (Å²) in [7, 11) is 0. The average Bonchev–Trinajstić information content (AvgIpc) is 2.91. The second-order valence-corrected chi connectivity index (χ2v) is 4.06. The summed E-state index contributed by atoms with van der Waals surface area (Å²) in [4.78, 5) is 8.26. The Bertz CT molecular complexity index is 676. The predicted molar refractivity (Wildman–Crippen MR) is 77.3 cm³/mol. The van der Waals surface area contributed by atoms with Gasteiger partial charge in [0, 0.05) is 5.56 Å². The van der Waals surface area contributed by atoms with Crippen molar-refractivity contribution in [2.75, 3.05) is 0 Å². The molecule has 0 aliphatic heterocycles. The summed E-state index contributed by atoms with van der Waals surface area (Å²) in [5.74, 6) is 0.521. The Morgan fingerprint density at radius 1 is 1.11 bits per heavy atom. The van der Waals surface area contributed by atoms with Crippen LogP contribution in [0.1, 0.15) is 19.5 Å². The topological polar surface area (TPSA) is 43.1 Å². The van der Waals surface area contributed by atoms with Gasteiger partial charge < -0.3 is 0 Å². The van der Waals surface area contributed by atoms with Crippen molar-refractivity contribution in [2.24, 2.45) is 0 Å². The maximum absolute atomic E-state index is 6.21. The van der Waals surface area contributed by atoms with Crippen LogP contribution in [0.3, 0.4) is 0 Å². The van der Waals surface area contributed by atoms with Crippen molar-refractivity contribution in [3.05, 3.63) is 47.5 Å². The van der Waals surface area contributed by atoms with Crippen LogP contribution in [0.5, 0.6) is 0 Å². The van der Waals surface area contributed by atoms with Crippen molar-refractivity contribution in [3.63, 3.8) is 0 Å². The van der Waals surface area contributed by atoms with Crippen LogP contribution in [0.4, 0.5) is 0 Å². The van der Waals surface area contributed by atoms with Crippen molar-refractivity contribution in [1.82, 2.24) is 19.6 Å². The standard InChI is InChI=1S/C12H9ClN4.C2H6/c1-8-10(9-5-3-2-4-6-9)11(13)16-12-14-7-15-17(8)12;1-2/h2-7H,1H3;1-2H3. The molecule has 0 atom stereocenters. The van der Waals surface area contributed by atoms with Crippen LogP contribution >= 0.6 is 11.6 Å². The van der Waals surface area contributed by atoms with Crippen LogP contribution < -0.4 is 0 Å². The van der Waals surface area contributed by atoms with E-state index in [-0.39, 0.29) is 0 Å². The summed E-state index contributed by atoms with van der Waals surface area (Å²) in [6.07, 6.45) is 1.47. The zero-order valence-corrected chi connectivity index (χ0v) is 11.9. The van der Waals surface area contributed by atoms with E-state index in [9.17, 15) is 0 Å². The van der Waals surface area contributed by atoms with Crippen LogP contribution in [0, 0.1) is 6.92 Å². The number of hydrogen-bond acceptors (Lipinski definition) is 3. The van der Waals surface area contributed by atoms with Gasteiger partial charge in [-0.2, -0.15) is 15.1 Å². The molecule has 3 aromatic rings. The van der Waals surface area contributed by atoms with E-state index in [4.69, 9.17) is 11.6 Å². The zero-order chi connectivity index (χ0) is 13.8. The molecule has 0 spiro atoms. The Morgan fingerprint density at radius 2 is 1.79 bits per heavy atom. The quantitative estimate of drug-likeness (QED) is 0.634. The summed E-state index contributed by atoms with van der Waals surface area (Å²) in [5.41, 5.74) is 2.86. The molecule has 4 nitrogen and oxygen atoms in total. The first kappa shape index (κ1) is 13.5. The number of rotatable bonds is 1. The maximum atomic E-state index is 6.21. The van der Waals surface area contributed by atoms with Gasteiger partial charge in [-0.1, -0.05) is 55.8 Å². The number of aryl methyl sites for hydroxylation is 1. The summed E-state index contributed by atoms with van der Waals surface area (Å²) in [6.45, 7) is 5.96. The van der Waals surface area contributed by atoms with E-state index in [2.05, 4.69) is 15.1 Å². The second kappa shape index (κ2) is 5.80. The van der Waals surface area contributed by atoms with Gasteiger partial charge in [-0.05, 0) is 12.5 Å². The van der Waals surface area contributed by atoms with Crippen molar-refractivity contribution < 1.29 is 0 Å². The Morgan fingerprint density at radius 3 is 2.47 bits per heavy atom. The number of aromatic nitrogens is 4. The molecular formula is C14H15ClN4. The average molecular weight is 275 g/mol. The highest BCUT2D eigenvalue weighted by Gasteiger charge is 2.13. The first-order valence-corrected chi connectivity index (χ1v) is 6.56. The van der Waals surface area contributed by atoms with Gasteiger partial charge in [0.25, 0.3) is 5.78 Å². The van der Waals surface area contributed by atoms with Crippen LogP contribution in [-0.4, -0.2) is 19.6 Å². The van der Waals surface area contributed by atoms with E-state index in [0.717, 1.165) is 16.8 Å². The fraction of sp³-hybridized carbons (Fsp3) is 0.214. The fourth-order valence-electron chi connectivity index (χ4n) is 1.88. The number of fused-ring (bicyclic) bond motifs is 1. The van der Waals surface area contributed by atoms with E-state index in [1.807, 2.05) is 51.1 Å². The van der Waals surface area contributed by atoms with E-state index in [1.165, 1.54) is 6.33 Å². The highest BCUT2D eigenvalue weighted by molar-refractivity contribution is 6.32. The molecule has 0 unspecified atom stereocenters. The molecule has 0 radical (unpaired) electrons. The van der Waals surface area contributed by atoms with Crippen LogP contribution in [-0.2, 0) is 0 Å². The molecule has 0 amide bonds. The Hall–Kier alpha value is -1.94. The minimum atomic E-state index is 0.453. The highest BCUT2D eigenvalue weighted by Crippen LogP contribution is 2.29. The Kier molecular flexibility index (Phi) is 4.12. The second-order valence-electron chi connectivity index (χ2n) is 3.70. The minimum Gasteiger partial charge on any atom is -0.201 e. The lowest BCUT2D eigenvalue weighted by atomic mass is 10.1. The largest absolute Gasteiger partial charge is 0.253 e. The minimum absolute atomic E-state index is 0.453. The molecular weight excluding hydrogens is 260 g/mol. The molecule has 0 aliphatic carbocycles. The third-order valence-corrected chi connectivity index (χ3v) is 2.95. The summed E-state index contributed by atoms with van der Waals surface area (Å²) in [5, 5.41) is 4.58. The molecule has 2 heterocycles. The van der Waals surface area contributed by atoms with Crippen molar-refractivity contribution >= 4 is 17.4 Å². The molecule has 0 bridgehead atoms. The SMILES string of the molecule is CC.Cc1c(-c2ccccc2)c(Cl)nc2ncnn12. The zero-order valence-electron chi connectivity index (χ0n) is 11.1. The summed E-state index contributed by atoms with van der Waals surface area (Å²) in [6, 6.07) is 9.90. The number of nitrogens with zero attached hydrogens (tertiary/aromatic N) is 4. The molecule has 98 valence electrons. The third-order valence-electron chi connectivity index (χ3n) is 2.68. The molecule has 0 saturated carbocycles. The maximum Gasteiger partial charge on any atom is 0.253 e. The number of halogens is 1. The van der Waals surface area contributed by atoms with E-state index in [0.29, 0.717) is 10.9 Å². The van der Waals surface area contributed by atoms with Crippen molar-refractivity contribution in [3.8, 4) is 11.1 Å². The molecule has 1 aromatic carbocycles. The molecule has 2 aromatic heterocycles. The summed E-state index contributed by atoms with van der Waals surface area (Å²) < 4.78 is 1.69. The first-order chi connectivity index (χ1) is 9.27. The van der Waals surface area contributed by atoms with Gasteiger partial charge in [0.05, 0.1) is 5.69 Å². The van der Waals surface area contributed by atoms with Crippen LogP contribution in [0.15, 0.2) is 36.7 Å². The molecule has 5 heteroatoms. The number of benzene rings is 1. The van der Waals surface area contributed by atoms with Crippen molar-refractivity contribution in [1.29, 1.82) is 0 Å². The van der Waals surface area contributed by atoms with E-state index >= 15 is 0 Å². The lowest BCUT2D eigenvalue weighted by Crippen LogP contribution is -2.00. The summed E-state index contributed by atoms with van der Waals surface area (Å²) >= 11 is 6.21. The fourth-order valence-corrected chi connectivity index (χ4v) is 2.20. The van der Waals surface area contributed by atoms with Gasteiger partial charge in [0.2, 0.25) is 0 Å². The van der Waals surface area contributed by atoms with Gasteiger partial charge in [-0.15, -0.1) is 0 Å². The van der Waals surface area contributed by atoms with Gasteiger partial charge in [-0.3, -0.25) is 0 Å². The third kappa shape index (κ3) is 2.44. The normalized spacial score (nSPS) is 10.1. The van der Waals surface area contributed by atoms with Crippen LogP contribution in [0.2, 0.25) is 5.15 Å². The molecule has 3 rings (SSSR count).